The van der Waals surface area contributed by atoms with E-state index in [4.69, 9.17) is 27.9 Å². The number of aryl methyl sites for hydroxylation is 1. The van der Waals surface area contributed by atoms with Gasteiger partial charge in [-0.05, 0) is 12.1 Å². The third-order valence-electron chi connectivity index (χ3n) is 5.05. The van der Waals surface area contributed by atoms with Crippen LogP contribution in [0.4, 0.5) is 0 Å². The molecule has 0 fully saturated rings. The van der Waals surface area contributed by atoms with Crippen LogP contribution in [0, 0.1) is 0 Å². The second kappa shape index (κ2) is 8.84. The Hall–Kier alpha value is -2.66. The van der Waals surface area contributed by atoms with Crippen LogP contribution >= 0.6 is 23.2 Å². The average molecular weight is 526 g/mol. The van der Waals surface area contributed by atoms with Crippen molar-refractivity contribution < 1.29 is 17.7 Å². The third-order valence-corrected chi connectivity index (χ3v) is 6.55. The van der Waals surface area contributed by atoms with Crippen LogP contribution in [0.1, 0.15) is 33.9 Å². The van der Waals surface area contributed by atoms with Crippen molar-refractivity contribution in [3.63, 3.8) is 0 Å². The molecule has 182 valence electrons. The van der Waals surface area contributed by atoms with Gasteiger partial charge in [0.2, 0.25) is 5.88 Å². The highest BCUT2D eigenvalue weighted by atomic mass is 35.5. The highest BCUT2D eigenvalue weighted by Gasteiger charge is 2.32. The molecule has 4 aromatic rings. The van der Waals surface area contributed by atoms with E-state index in [0.717, 1.165) is 0 Å². The van der Waals surface area contributed by atoms with E-state index in [1.165, 1.54) is 11.8 Å². The Morgan fingerprint density at radius 3 is 2.29 bits per heavy atom. The van der Waals surface area contributed by atoms with Crippen LogP contribution in [0.25, 0.3) is 33.8 Å². The fourth-order valence-corrected chi connectivity index (χ4v) is 5.10. The van der Waals surface area contributed by atoms with Crippen molar-refractivity contribution >= 4 is 44.5 Å². The lowest BCUT2D eigenvalue weighted by atomic mass is 9.92. The molecule has 1 N–H and O–H groups in total. The monoisotopic (exact) mass is 525 g/mol. The molecule has 34 heavy (non-hydrogen) atoms. The van der Waals surface area contributed by atoms with Crippen molar-refractivity contribution in [3.05, 3.63) is 46.1 Å². The summed E-state index contributed by atoms with van der Waals surface area (Å²) in [4.78, 5) is 8.93. The van der Waals surface area contributed by atoms with Gasteiger partial charge >= 0.3 is 10.3 Å². The second-order valence-corrected chi connectivity index (χ2v) is 10.5. The molecule has 9 nitrogen and oxygen atoms in total. The van der Waals surface area contributed by atoms with Crippen molar-refractivity contribution in [1.29, 1.82) is 0 Å². The topological polar surface area (TPSA) is 112 Å². The van der Waals surface area contributed by atoms with Gasteiger partial charge in [-0.15, -0.1) is 0 Å². The Kier molecular flexibility index (Phi) is 6.75. The van der Waals surface area contributed by atoms with Crippen LogP contribution in [-0.2, 0) is 22.8 Å². The number of hydrogen-bond donors (Lipinski definition) is 1. The molecule has 12 heteroatoms. The lowest BCUT2D eigenvalue weighted by molar-refractivity contribution is 0.402. The highest BCUT2D eigenvalue weighted by molar-refractivity contribution is 7.84. The lowest BCUT2D eigenvalue weighted by Gasteiger charge is -2.15. The molecule has 3 heterocycles. The molecule has 0 saturated carbocycles. The normalized spacial score (nSPS) is 12.1. The second-order valence-electron chi connectivity index (χ2n) is 8.43. The Balaban J connectivity index is 0.00000324. The number of methoxy groups -OCH3 is 1. The minimum Gasteiger partial charge on any atom is -0.479 e. The van der Waals surface area contributed by atoms with Crippen molar-refractivity contribution in [2.75, 3.05) is 7.11 Å². The number of ether oxygens (including phenoxy) is 1. The van der Waals surface area contributed by atoms with Gasteiger partial charge in [0.15, 0.2) is 5.82 Å². The molecular formula is C22H25Cl2N5O4S. The number of pyridine rings is 1. The van der Waals surface area contributed by atoms with Gasteiger partial charge in [-0.1, -0.05) is 69.6 Å². The van der Waals surface area contributed by atoms with E-state index < -0.39 is 15.7 Å². The van der Waals surface area contributed by atoms with E-state index in [1.54, 1.807) is 37.4 Å². The fourth-order valence-electron chi connectivity index (χ4n) is 3.59. The molecule has 0 aliphatic rings. The highest BCUT2D eigenvalue weighted by Crippen LogP contribution is 2.40. The quantitative estimate of drug-likeness (QED) is 0.355. The smallest absolute Gasteiger partial charge is 0.365 e. The molecule has 0 unspecified atom stereocenters. The number of nitrogens with zero attached hydrogens (tertiary/aromatic N) is 5. The predicted molar refractivity (Wildman–Crippen MR) is 134 cm³/mol. The first-order valence-corrected chi connectivity index (χ1v) is 11.9. The van der Waals surface area contributed by atoms with E-state index in [-0.39, 0.29) is 40.9 Å². The summed E-state index contributed by atoms with van der Waals surface area (Å²) in [6.07, 6.45) is 0. The number of hydrogen-bond acceptors (Lipinski definition) is 6. The van der Waals surface area contributed by atoms with Gasteiger partial charge in [-0.3, -0.25) is 9.23 Å². The molecule has 0 saturated heterocycles. The van der Waals surface area contributed by atoms with Gasteiger partial charge < -0.3 is 4.74 Å². The Bertz CT molecular complexity index is 1500. The number of halogens is 2. The zero-order chi connectivity index (χ0) is 24.3. The minimum absolute atomic E-state index is 0. The molecular weight excluding hydrogens is 501 g/mol. The number of rotatable bonds is 4. The van der Waals surface area contributed by atoms with Crippen LogP contribution < -0.4 is 4.74 Å². The maximum Gasteiger partial charge on any atom is 0.365 e. The van der Waals surface area contributed by atoms with E-state index >= 15 is 0 Å². The van der Waals surface area contributed by atoms with Crippen LogP contribution in [0.3, 0.4) is 0 Å². The molecule has 0 spiro atoms. The molecule has 0 aliphatic heterocycles. The number of aromatic nitrogens is 5. The van der Waals surface area contributed by atoms with Crippen LogP contribution in [0.2, 0.25) is 10.0 Å². The van der Waals surface area contributed by atoms with Gasteiger partial charge in [0, 0.05) is 23.0 Å². The van der Waals surface area contributed by atoms with Gasteiger partial charge in [0.1, 0.15) is 11.2 Å². The SMILES string of the molecule is C.COc1nc(-c2ccccc2Cl)cc2nc(-c3c(Cl)c(C(C)(C)C)nn3C)n(S(=O)(=O)O)c12. The first kappa shape index (κ1) is 26.0. The molecule has 0 atom stereocenters. The van der Waals surface area contributed by atoms with Crippen molar-refractivity contribution in [2.45, 2.75) is 33.6 Å². The van der Waals surface area contributed by atoms with Crippen LogP contribution in [0.15, 0.2) is 30.3 Å². The maximum atomic E-state index is 12.5. The fraction of sp³-hybridized carbons (Fsp3) is 0.318. The van der Waals surface area contributed by atoms with E-state index in [1.807, 2.05) is 20.8 Å². The standard InChI is InChI=1S/C21H21Cl2N5O4S.CH4/c1-21(2,3)18-15(23)17(27(4)26-18)19-24-14-10-13(11-8-6-7-9-12(11)22)25-20(32-5)16(14)28(19)33(29,30)31;/h6-10H,1-5H3,(H,29,30,31);1H4. The Morgan fingerprint density at radius 1 is 1.12 bits per heavy atom. The first-order valence-electron chi connectivity index (χ1n) is 9.78. The molecule has 0 aliphatic carbocycles. The lowest BCUT2D eigenvalue weighted by Crippen LogP contribution is -2.14. The summed E-state index contributed by atoms with van der Waals surface area (Å²) in [6.45, 7) is 5.79. The van der Waals surface area contributed by atoms with Crippen LogP contribution in [-0.4, -0.2) is 43.8 Å². The summed E-state index contributed by atoms with van der Waals surface area (Å²) in [7, 11) is -1.87. The summed E-state index contributed by atoms with van der Waals surface area (Å²) in [5, 5.41) is 5.14. The maximum absolute atomic E-state index is 12.5. The van der Waals surface area contributed by atoms with Crippen molar-refractivity contribution in [1.82, 2.24) is 23.7 Å². The average Bonchev–Trinajstić information content (AvgIpc) is 3.23. The van der Waals surface area contributed by atoms with E-state index in [9.17, 15) is 13.0 Å². The first-order chi connectivity index (χ1) is 15.3. The van der Waals surface area contributed by atoms with Gasteiger partial charge in [-0.25, -0.2) is 9.97 Å². The van der Waals surface area contributed by atoms with Gasteiger partial charge in [0.05, 0.1) is 29.0 Å². The summed E-state index contributed by atoms with van der Waals surface area (Å²) in [5.74, 6) is -0.187. The van der Waals surface area contributed by atoms with Gasteiger partial charge in [0.25, 0.3) is 0 Å². The number of imidazole rings is 1. The van der Waals surface area contributed by atoms with E-state index in [0.29, 0.717) is 25.9 Å². The van der Waals surface area contributed by atoms with Gasteiger partial charge in [-0.2, -0.15) is 17.5 Å². The summed E-state index contributed by atoms with van der Waals surface area (Å²) < 4.78 is 42.6. The summed E-state index contributed by atoms with van der Waals surface area (Å²) in [5.41, 5.74) is 1.55. The Labute approximate surface area is 208 Å². The van der Waals surface area contributed by atoms with E-state index in [2.05, 4.69) is 15.1 Å². The third kappa shape index (κ3) is 4.26. The molecule has 3 aromatic heterocycles. The number of benzene rings is 1. The molecule has 1 aromatic carbocycles. The molecule has 0 amide bonds. The minimum atomic E-state index is -4.83. The van der Waals surface area contributed by atoms with Crippen molar-refractivity contribution in [2.24, 2.45) is 7.05 Å². The van der Waals surface area contributed by atoms with Crippen LogP contribution in [0.5, 0.6) is 5.88 Å². The summed E-state index contributed by atoms with van der Waals surface area (Å²) in [6, 6.07) is 8.62. The zero-order valence-corrected chi connectivity index (χ0v) is 20.8. The van der Waals surface area contributed by atoms with Crippen molar-refractivity contribution in [3.8, 4) is 28.7 Å². The molecule has 0 radical (unpaired) electrons. The zero-order valence-electron chi connectivity index (χ0n) is 18.5. The molecule has 0 bridgehead atoms. The molecule has 4 rings (SSSR count). The Morgan fingerprint density at radius 2 is 1.76 bits per heavy atom. The summed E-state index contributed by atoms with van der Waals surface area (Å²) >= 11 is 13.0. The predicted octanol–water partition coefficient (Wildman–Crippen LogP) is 5.40. The number of fused-ring (bicyclic) bond motifs is 1. The largest absolute Gasteiger partial charge is 0.479 e.